The Morgan fingerprint density at radius 2 is 1.51 bits per heavy atom. The first kappa shape index (κ1) is 30.2. The van der Waals surface area contributed by atoms with Crippen LogP contribution in [0.25, 0.3) is 0 Å². The molecule has 0 radical (unpaired) electrons. The number of nitrogens with one attached hydrogen (secondary N) is 1. The molecule has 3 aromatic carbocycles. The topological polar surface area (TPSA) is 86.8 Å². The lowest BCUT2D eigenvalue weighted by Crippen LogP contribution is -2.52. The first-order valence-corrected chi connectivity index (χ1v) is 15.5. The molecular weight excluding hydrogens is 541 g/mol. The Bertz CT molecular complexity index is 1420. The molecule has 218 valence electrons. The van der Waals surface area contributed by atoms with Crippen LogP contribution < -0.4 is 9.62 Å². The van der Waals surface area contributed by atoms with Crippen LogP contribution in [-0.2, 0) is 26.2 Å². The zero-order chi connectivity index (χ0) is 29.6. The molecule has 0 bridgehead atoms. The Kier molecular flexibility index (Phi) is 9.81. The molecule has 41 heavy (non-hydrogen) atoms. The van der Waals surface area contributed by atoms with Crippen LogP contribution in [0, 0.1) is 5.82 Å². The Morgan fingerprint density at radius 3 is 2.10 bits per heavy atom. The second kappa shape index (κ2) is 13.3. The minimum absolute atomic E-state index is 0.0177. The molecule has 0 aliphatic heterocycles. The summed E-state index contributed by atoms with van der Waals surface area (Å²) < 4.78 is 42.4. The van der Waals surface area contributed by atoms with Crippen molar-refractivity contribution in [2.45, 2.75) is 75.9 Å². The van der Waals surface area contributed by atoms with Crippen molar-refractivity contribution in [2.24, 2.45) is 0 Å². The predicted molar refractivity (Wildman–Crippen MR) is 158 cm³/mol. The number of rotatable bonds is 11. The van der Waals surface area contributed by atoms with E-state index in [2.05, 4.69) is 5.32 Å². The molecule has 9 heteroatoms. The monoisotopic (exact) mass is 579 g/mol. The van der Waals surface area contributed by atoms with Crippen LogP contribution in [0.2, 0.25) is 0 Å². The average molecular weight is 580 g/mol. The third kappa shape index (κ3) is 7.52. The van der Waals surface area contributed by atoms with Gasteiger partial charge in [0.05, 0.1) is 10.6 Å². The maximum atomic E-state index is 14.0. The van der Waals surface area contributed by atoms with E-state index in [1.54, 1.807) is 49.4 Å². The summed E-state index contributed by atoms with van der Waals surface area (Å²) in [5.41, 5.74) is 2.00. The lowest BCUT2D eigenvalue weighted by Gasteiger charge is -2.32. The standard InChI is InChI=1S/C32H38FN3O4S/c1-23(2)26-15-19-29(20-16-26)36(41(39,40)30-11-5-4-6-12-30)22-31(37)35(21-25-13-17-27(33)18-14-25)24(3)32(38)34-28-9-7-8-10-28/h4-6,11-20,23-24,28H,7-10,21-22H2,1-3H3,(H,34,38)/t24-/m1/s1. The molecule has 1 saturated carbocycles. The normalized spacial score (nSPS) is 14.6. The maximum absolute atomic E-state index is 14.0. The van der Waals surface area contributed by atoms with Crippen molar-refractivity contribution in [3.8, 4) is 0 Å². The zero-order valence-corrected chi connectivity index (χ0v) is 24.6. The number of hydrogen-bond donors (Lipinski definition) is 1. The number of carbonyl (C=O) groups excluding carboxylic acids is 2. The molecule has 7 nitrogen and oxygen atoms in total. The predicted octanol–water partition coefficient (Wildman–Crippen LogP) is 5.62. The first-order valence-electron chi connectivity index (χ1n) is 14.1. The highest BCUT2D eigenvalue weighted by Crippen LogP contribution is 2.27. The van der Waals surface area contributed by atoms with E-state index in [1.807, 2.05) is 26.0 Å². The molecule has 0 unspecified atom stereocenters. The summed E-state index contributed by atoms with van der Waals surface area (Å²) in [6.45, 7) is 5.23. The fourth-order valence-corrected chi connectivity index (χ4v) is 6.47. The summed E-state index contributed by atoms with van der Waals surface area (Å²) in [5, 5.41) is 3.04. The van der Waals surface area contributed by atoms with E-state index in [9.17, 15) is 22.4 Å². The summed E-state index contributed by atoms with van der Waals surface area (Å²) in [4.78, 5) is 28.7. The van der Waals surface area contributed by atoms with Crippen LogP contribution in [0.15, 0.2) is 83.8 Å². The molecule has 1 fully saturated rings. The molecular formula is C32H38FN3O4S. The highest BCUT2D eigenvalue weighted by molar-refractivity contribution is 7.92. The van der Waals surface area contributed by atoms with Gasteiger partial charge in [-0.15, -0.1) is 0 Å². The van der Waals surface area contributed by atoms with E-state index in [-0.39, 0.29) is 29.3 Å². The molecule has 0 aromatic heterocycles. The van der Waals surface area contributed by atoms with Crippen molar-refractivity contribution in [2.75, 3.05) is 10.8 Å². The number of anilines is 1. The van der Waals surface area contributed by atoms with Crippen LogP contribution >= 0.6 is 0 Å². The minimum Gasteiger partial charge on any atom is -0.352 e. The summed E-state index contributed by atoms with van der Waals surface area (Å²) in [6.07, 6.45) is 3.86. The number of halogens is 1. The number of sulfonamides is 1. The van der Waals surface area contributed by atoms with Gasteiger partial charge in [-0.2, -0.15) is 0 Å². The van der Waals surface area contributed by atoms with Gasteiger partial charge in [-0.05, 0) is 73.2 Å². The zero-order valence-electron chi connectivity index (χ0n) is 23.8. The van der Waals surface area contributed by atoms with Crippen molar-refractivity contribution in [1.82, 2.24) is 10.2 Å². The number of benzene rings is 3. The molecule has 1 aliphatic carbocycles. The number of amides is 2. The van der Waals surface area contributed by atoms with E-state index >= 15 is 0 Å². The van der Waals surface area contributed by atoms with Gasteiger partial charge in [0.15, 0.2) is 0 Å². The van der Waals surface area contributed by atoms with Gasteiger partial charge in [-0.3, -0.25) is 13.9 Å². The van der Waals surface area contributed by atoms with Gasteiger partial charge in [-0.25, -0.2) is 12.8 Å². The van der Waals surface area contributed by atoms with E-state index in [0.717, 1.165) is 35.6 Å². The van der Waals surface area contributed by atoms with Crippen LogP contribution in [-0.4, -0.2) is 43.8 Å². The number of nitrogens with zero attached hydrogens (tertiary/aromatic N) is 2. The molecule has 2 amide bonds. The van der Waals surface area contributed by atoms with E-state index in [4.69, 9.17) is 0 Å². The summed E-state index contributed by atoms with van der Waals surface area (Å²) in [6, 6.07) is 19.9. The Hall–Kier alpha value is -3.72. The Balaban J connectivity index is 1.68. The summed E-state index contributed by atoms with van der Waals surface area (Å²) in [7, 11) is -4.12. The third-order valence-electron chi connectivity index (χ3n) is 7.59. The third-order valence-corrected chi connectivity index (χ3v) is 9.38. The fraction of sp³-hybridized carbons (Fsp3) is 0.375. The molecule has 1 N–H and O–H groups in total. The Morgan fingerprint density at radius 1 is 0.902 bits per heavy atom. The van der Waals surface area contributed by atoms with Crippen molar-refractivity contribution in [1.29, 1.82) is 0 Å². The van der Waals surface area contributed by atoms with Gasteiger partial charge in [0, 0.05) is 12.6 Å². The van der Waals surface area contributed by atoms with E-state index < -0.39 is 34.3 Å². The molecule has 1 atom stereocenters. The molecule has 0 heterocycles. The van der Waals surface area contributed by atoms with Gasteiger partial charge in [0.25, 0.3) is 10.0 Å². The van der Waals surface area contributed by atoms with Gasteiger partial charge < -0.3 is 10.2 Å². The summed E-state index contributed by atoms with van der Waals surface area (Å²) in [5.74, 6) is -1.01. The molecule has 1 aliphatic rings. The van der Waals surface area contributed by atoms with Crippen molar-refractivity contribution in [3.05, 3.63) is 95.8 Å². The Labute approximate surface area is 242 Å². The van der Waals surface area contributed by atoms with Crippen molar-refractivity contribution in [3.63, 3.8) is 0 Å². The minimum atomic E-state index is -4.12. The van der Waals surface area contributed by atoms with E-state index in [0.29, 0.717) is 11.3 Å². The van der Waals surface area contributed by atoms with Crippen LogP contribution in [0.3, 0.4) is 0 Å². The first-order chi connectivity index (χ1) is 19.6. The van der Waals surface area contributed by atoms with Gasteiger partial charge in [0.1, 0.15) is 18.4 Å². The molecule has 4 rings (SSSR count). The highest BCUT2D eigenvalue weighted by Gasteiger charge is 2.33. The lowest BCUT2D eigenvalue weighted by atomic mass is 10.0. The smallest absolute Gasteiger partial charge is 0.264 e. The van der Waals surface area contributed by atoms with Crippen LogP contribution in [0.1, 0.15) is 63.5 Å². The van der Waals surface area contributed by atoms with Gasteiger partial charge in [0.2, 0.25) is 11.8 Å². The van der Waals surface area contributed by atoms with Gasteiger partial charge >= 0.3 is 0 Å². The van der Waals surface area contributed by atoms with Gasteiger partial charge in [-0.1, -0.05) is 69.2 Å². The number of hydrogen-bond acceptors (Lipinski definition) is 4. The average Bonchev–Trinajstić information content (AvgIpc) is 3.48. The molecule has 0 saturated heterocycles. The number of carbonyl (C=O) groups is 2. The SMILES string of the molecule is CC(C)c1ccc(N(CC(=O)N(Cc2ccc(F)cc2)[C@H](C)C(=O)NC2CCCC2)S(=O)(=O)c2ccccc2)cc1. The summed E-state index contributed by atoms with van der Waals surface area (Å²) >= 11 is 0. The molecule has 0 spiro atoms. The van der Waals surface area contributed by atoms with Crippen LogP contribution in [0.5, 0.6) is 0 Å². The van der Waals surface area contributed by atoms with Crippen molar-refractivity contribution < 1.29 is 22.4 Å². The fourth-order valence-electron chi connectivity index (χ4n) is 5.03. The van der Waals surface area contributed by atoms with E-state index in [1.165, 1.54) is 29.2 Å². The second-order valence-corrected chi connectivity index (χ2v) is 12.7. The maximum Gasteiger partial charge on any atom is 0.264 e. The lowest BCUT2D eigenvalue weighted by molar-refractivity contribution is -0.139. The quantitative estimate of drug-likeness (QED) is 0.320. The van der Waals surface area contributed by atoms with Crippen molar-refractivity contribution >= 4 is 27.5 Å². The highest BCUT2D eigenvalue weighted by atomic mass is 32.2. The molecule has 3 aromatic rings. The second-order valence-electron chi connectivity index (χ2n) is 10.9. The largest absolute Gasteiger partial charge is 0.352 e. The van der Waals surface area contributed by atoms with Crippen LogP contribution in [0.4, 0.5) is 10.1 Å².